The number of esters is 1. The molecular formula is C12H14BrNO4S2. The van der Waals surface area contributed by atoms with Crippen molar-refractivity contribution < 1.29 is 17.9 Å². The van der Waals surface area contributed by atoms with Crippen LogP contribution in [0.5, 0.6) is 0 Å². The van der Waals surface area contributed by atoms with Crippen LogP contribution in [0.2, 0.25) is 0 Å². The number of ether oxygens (including phenoxy) is 1. The van der Waals surface area contributed by atoms with Crippen molar-refractivity contribution in [3.05, 3.63) is 15.9 Å². The zero-order chi connectivity index (χ0) is 14.4. The van der Waals surface area contributed by atoms with E-state index in [2.05, 4.69) is 15.9 Å². The molecule has 0 unspecified atom stereocenters. The Morgan fingerprint density at radius 2 is 2.00 bits per heavy atom. The number of rotatable bonds is 2. The highest BCUT2D eigenvalue weighted by molar-refractivity contribution is 9.11. The molecule has 3 rings (SSSR count). The average molecular weight is 380 g/mol. The molecule has 1 aliphatic carbocycles. The van der Waals surface area contributed by atoms with Gasteiger partial charge in [-0.25, -0.2) is 8.42 Å². The van der Waals surface area contributed by atoms with Crippen molar-refractivity contribution >= 4 is 43.3 Å². The molecule has 0 atom stereocenters. The van der Waals surface area contributed by atoms with Crippen molar-refractivity contribution in [1.82, 2.24) is 4.31 Å². The number of sulfonamides is 1. The summed E-state index contributed by atoms with van der Waals surface area (Å²) in [6.45, 7) is 0.371. The Hall–Kier alpha value is -0.440. The molecule has 1 saturated carbocycles. The van der Waals surface area contributed by atoms with Gasteiger partial charge in [-0.3, -0.25) is 4.79 Å². The molecule has 0 amide bonds. The minimum atomic E-state index is -3.64. The number of carbonyl (C=O) groups excluding carboxylic acids is 1. The van der Waals surface area contributed by atoms with E-state index in [1.54, 1.807) is 12.1 Å². The van der Waals surface area contributed by atoms with Crippen molar-refractivity contribution in [2.45, 2.75) is 35.4 Å². The van der Waals surface area contributed by atoms with E-state index in [-0.39, 0.29) is 23.3 Å². The van der Waals surface area contributed by atoms with Crippen LogP contribution in [0, 0.1) is 0 Å². The van der Waals surface area contributed by atoms with Crippen LogP contribution < -0.4 is 0 Å². The minimum Gasteiger partial charge on any atom is -0.463 e. The van der Waals surface area contributed by atoms with Crippen LogP contribution >= 0.6 is 27.3 Å². The van der Waals surface area contributed by atoms with E-state index in [0.717, 1.165) is 16.6 Å². The van der Waals surface area contributed by atoms with Gasteiger partial charge in [0.25, 0.3) is 10.0 Å². The molecule has 8 heteroatoms. The molecule has 2 fully saturated rings. The summed E-state index contributed by atoms with van der Waals surface area (Å²) in [5.41, 5.74) is -0.979. The van der Waals surface area contributed by atoms with Gasteiger partial charge in [0.15, 0.2) is 0 Å². The first kappa shape index (κ1) is 14.5. The average Bonchev–Trinajstić information content (AvgIpc) is 3.03. The molecule has 0 bridgehead atoms. The second-order valence-electron chi connectivity index (χ2n) is 5.01. The van der Waals surface area contributed by atoms with Crippen LogP contribution in [0.3, 0.4) is 0 Å². The lowest BCUT2D eigenvalue weighted by Gasteiger charge is -2.41. The van der Waals surface area contributed by atoms with Crippen molar-refractivity contribution in [1.29, 1.82) is 0 Å². The Morgan fingerprint density at radius 3 is 2.60 bits per heavy atom. The van der Waals surface area contributed by atoms with Gasteiger partial charge in [-0.15, -0.1) is 11.3 Å². The van der Waals surface area contributed by atoms with Gasteiger partial charge in [-0.05, 0) is 40.9 Å². The first-order valence-corrected chi connectivity index (χ1v) is 9.47. The van der Waals surface area contributed by atoms with Gasteiger partial charge in [0.05, 0.1) is 3.79 Å². The van der Waals surface area contributed by atoms with Crippen LogP contribution in [0.1, 0.15) is 25.7 Å². The van der Waals surface area contributed by atoms with Gasteiger partial charge in [0.1, 0.15) is 16.4 Å². The van der Waals surface area contributed by atoms with Crippen molar-refractivity contribution in [3.63, 3.8) is 0 Å². The number of carbonyl (C=O) groups is 1. The summed E-state index contributed by atoms with van der Waals surface area (Å²) in [5, 5.41) is 0. The number of nitrogens with zero attached hydrogens (tertiary/aromatic N) is 1. The number of thiophene rings is 1. The first-order valence-electron chi connectivity index (χ1n) is 6.42. The SMILES string of the molecule is O=C1OCCN(S(=O)(=O)c2ccc(Br)s2)C12CCCC2. The van der Waals surface area contributed by atoms with Gasteiger partial charge in [0, 0.05) is 6.54 Å². The maximum atomic E-state index is 12.8. The van der Waals surface area contributed by atoms with Crippen LogP contribution in [0.15, 0.2) is 20.1 Å². The van der Waals surface area contributed by atoms with Crippen molar-refractivity contribution in [3.8, 4) is 0 Å². The lowest BCUT2D eigenvalue weighted by molar-refractivity contribution is -0.162. The Morgan fingerprint density at radius 1 is 1.30 bits per heavy atom. The van der Waals surface area contributed by atoms with E-state index >= 15 is 0 Å². The predicted octanol–water partition coefficient (Wildman–Crippen LogP) is 2.37. The van der Waals surface area contributed by atoms with Crippen molar-refractivity contribution in [2.24, 2.45) is 0 Å². The third-order valence-electron chi connectivity index (χ3n) is 3.91. The standard InChI is InChI=1S/C12H14BrNO4S2/c13-9-3-4-10(19-9)20(16,17)14-7-8-18-11(15)12(14)5-1-2-6-12/h3-4H,1-2,5-8H2. The molecule has 0 radical (unpaired) electrons. The molecule has 1 aromatic rings. The van der Waals surface area contributed by atoms with E-state index in [9.17, 15) is 13.2 Å². The molecule has 0 N–H and O–H groups in total. The maximum absolute atomic E-state index is 12.8. The molecule has 2 heterocycles. The van der Waals surface area contributed by atoms with Crippen LogP contribution in [-0.2, 0) is 19.6 Å². The van der Waals surface area contributed by atoms with Gasteiger partial charge in [-0.2, -0.15) is 4.31 Å². The minimum absolute atomic E-state index is 0.131. The molecular weight excluding hydrogens is 366 g/mol. The number of hydrogen-bond donors (Lipinski definition) is 0. The summed E-state index contributed by atoms with van der Waals surface area (Å²) in [6.07, 6.45) is 2.82. The zero-order valence-electron chi connectivity index (χ0n) is 10.7. The van der Waals surface area contributed by atoms with E-state index in [4.69, 9.17) is 4.74 Å². The van der Waals surface area contributed by atoms with Crippen LogP contribution in [-0.4, -0.2) is 37.4 Å². The van der Waals surface area contributed by atoms with Gasteiger partial charge < -0.3 is 4.74 Å². The van der Waals surface area contributed by atoms with E-state index in [1.165, 1.54) is 15.6 Å². The third kappa shape index (κ3) is 2.13. The summed E-state index contributed by atoms with van der Waals surface area (Å²) in [4.78, 5) is 12.2. The Kier molecular flexibility index (Phi) is 3.68. The zero-order valence-corrected chi connectivity index (χ0v) is 13.9. The molecule has 1 spiro atoms. The van der Waals surface area contributed by atoms with Gasteiger partial charge in [-0.1, -0.05) is 12.8 Å². The fourth-order valence-electron chi connectivity index (χ4n) is 2.98. The van der Waals surface area contributed by atoms with Gasteiger partial charge in [0.2, 0.25) is 0 Å². The Bertz CT molecular complexity index is 634. The van der Waals surface area contributed by atoms with E-state index in [0.29, 0.717) is 12.8 Å². The molecule has 2 aliphatic rings. The number of hydrogen-bond acceptors (Lipinski definition) is 5. The number of halogens is 1. The second kappa shape index (κ2) is 5.08. The Balaban J connectivity index is 2.04. The van der Waals surface area contributed by atoms with Crippen LogP contribution in [0.4, 0.5) is 0 Å². The fourth-order valence-corrected chi connectivity index (χ4v) is 6.87. The summed E-state index contributed by atoms with van der Waals surface area (Å²) < 4.78 is 33.2. The number of morpholine rings is 1. The lowest BCUT2D eigenvalue weighted by atomic mass is 9.97. The lowest BCUT2D eigenvalue weighted by Crippen LogP contribution is -2.60. The second-order valence-corrected chi connectivity index (χ2v) is 9.56. The van der Waals surface area contributed by atoms with Crippen molar-refractivity contribution in [2.75, 3.05) is 13.2 Å². The first-order chi connectivity index (χ1) is 9.47. The topological polar surface area (TPSA) is 63.7 Å². The largest absolute Gasteiger partial charge is 0.463 e. The Labute approximate surface area is 130 Å². The third-order valence-corrected chi connectivity index (χ3v) is 7.97. The molecule has 1 aromatic heterocycles. The van der Waals surface area contributed by atoms with Gasteiger partial charge >= 0.3 is 5.97 Å². The number of cyclic esters (lactones) is 1. The summed E-state index contributed by atoms with van der Waals surface area (Å²) in [5.74, 6) is -0.388. The highest BCUT2D eigenvalue weighted by Crippen LogP contribution is 2.42. The quantitative estimate of drug-likeness (QED) is 0.739. The molecule has 1 aliphatic heterocycles. The molecule has 0 aromatic carbocycles. The predicted molar refractivity (Wildman–Crippen MR) is 78.1 cm³/mol. The highest BCUT2D eigenvalue weighted by atomic mass is 79.9. The highest BCUT2D eigenvalue weighted by Gasteiger charge is 2.54. The maximum Gasteiger partial charge on any atom is 0.327 e. The molecule has 110 valence electrons. The van der Waals surface area contributed by atoms with E-state index < -0.39 is 15.6 Å². The monoisotopic (exact) mass is 379 g/mol. The smallest absolute Gasteiger partial charge is 0.327 e. The summed E-state index contributed by atoms with van der Waals surface area (Å²) in [6, 6.07) is 3.29. The molecule has 1 saturated heterocycles. The summed E-state index contributed by atoms with van der Waals surface area (Å²) in [7, 11) is -3.64. The van der Waals surface area contributed by atoms with Crippen LogP contribution in [0.25, 0.3) is 0 Å². The normalized spacial score (nSPS) is 23.1. The molecule has 20 heavy (non-hydrogen) atoms. The van der Waals surface area contributed by atoms with E-state index in [1.807, 2.05) is 0 Å². The molecule has 5 nitrogen and oxygen atoms in total. The fraction of sp³-hybridized carbons (Fsp3) is 0.583. The summed E-state index contributed by atoms with van der Waals surface area (Å²) >= 11 is 4.45.